The molecule has 4 heterocycles. The minimum absolute atomic E-state index is 0.111. The third-order valence-corrected chi connectivity index (χ3v) is 7.06. The summed E-state index contributed by atoms with van der Waals surface area (Å²) in [6, 6.07) is 15.6. The molecule has 166 valence electrons. The second-order valence-corrected chi connectivity index (χ2v) is 9.54. The Kier molecular flexibility index (Phi) is 6.01. The number of nitrogens with zero attached hydrogens (tertiary/aromatic N) is 4. The van der Waals surface area contributed by atoms with Crippen LogP contribution in [0.4, 0.5) is 0 Å². The number of hydrogen-bond acceptors (Lipinski definition) is 6. The van der Waals surface area contributed by atoms with Gasteiger partial charge in [0.15, 0.2) is 5.76 Å². The lowest BCUT2D eigenvalue weighted by molar-refractivity contribution is 0.0622. The first kappa shape index (κ1) is 21.2. The molecule has 32 heavy (non-hydrogen) atoms. The van der Waals surface area contributed by atoms with Crippen molar-refractivity contribution in [2.75, 3.05) is 32.7 Å². The maximum atomic E-state index is 13.2. The molecule has 1 aliphatic rings. The molecular formula is C23H24ClN5O2S. The number of para-hydroxylation sites is 1. The van der Waals surface area contributed by atoms with Crippen molar-refractivity contribution in [3.8, 4) is 10.6 Å². The second kappa shape index (κ2) is 9.07. The molecule has 1 aromatic carbocycles. The first-order valence-corrected chi connectivity index (χ1v) is 11.9. The quantitative estimate of drug-likeness (QED) is 0.455. The van der Waals surface area contributed by atoms with E-state index in [1.54, 1.807) is 0 Å². The van der Waals surface area contributed by atoms with Gasteiger partial charge in [-0.15, -0.1) is 11.3 Å². The van der Waals surface area contributed by atoms with Crippen molar-refractivity contribution in [2.45, 2.75) is 13.5 Å². The van der Waals surface area contributed by atoms with Crippen LogP contribution in [-0.4, -0.2) is 58.3 Å². The number of halogens is 1. The van der Waals surface area contributed by atoms with Gasteiger partial charge in [-0.1, -0.05) is 41.9 Å². The summed E-state index contributed by atoms with van der Waals surface area (Å²) < 4.78 is 8.24. The van der Waals surface area contributed by atoms with Crippen LogP contribution in [0.3, 0.4) is 0 Å². The largest absolute Gasteiger partial charge is 0.355 e. The Labute approximate surface area is 195 Å². The van der Waals surface area contributed by atoms with E-state index in [-0.39, 0.29) is 5.91 Å². The SMILES string of the molecule is CCN1CCN(NC(=O)c2cc3ccccc3n2Cc2cc(-c3ccc(Cl)s3)on2)CC1. The van der Waals surface area contributed by atoms with Crippen LogP contribution in [0.15, 0.2) is 53.1 Å². The molecule has 4 aromatic rings. The molecule has 3 aromatic heterocycles. The fourth-order valence-electron chi connectivity index (χ4n) is 4.06. The van der Waals surface area contributed by atoms with E-state index in [0.29, 0.717) is 22.3 Å². The van der Waals surface area contributed by atoms with Crippen LogP contribution in [0.1, 0.15) is 23.1 Å². The lowest BCUT2D eigenvalue weighted by Gasteiger charge is -2.33. The van der Waals surface area contributed by atoms with Gasteiger partial charge in [0.25, 0.3) is 5.91 Å². The number of hydrogen-bond donors (Lipinski definition) is 1. The summed E-state index contributed by atoms with van der Waals surface area (Å²) in [6.07, 6.45) is 0. The average molecular weight is 470 g/mol. The molecule has 1 N–H and O–H groups in total. The maximum absolute atomic E-state index is 13.2. The van der Waals surface area contributed by atoms with Crippen LogP contribution >= 0.6 is 22.9 Å². The Hall–Kier alpha value is -2.65. The first-order chi connectivity index (χ1) is 15.6. The van der Waals surface area contributed by atoms with Crippen molar-refractivity contribution in [1.82, 2.24) is 25.1 Å². The predicted octanol–water partition coefficient (Wildman–Crippen LogP) is 4.34. The number of carbonyl (C=O) groups excluding carboxylic acids is 1. The number of hydrazine groups is 1. The van der Waals surface area contributed by atoms with Gasteiger partial charge in [-0.25, -0.2) is 5.01 Å². The Morgan fingerprint density at radius 3 is 2.72 bits per heavy atom. The van der Waals surface area contributed by atoms with E-state index in [4.69, 9.17) is 16.1 Å². The second-order valence-electron chi connectivity index (χ2n) is 7.82. The third kappa shape index (κ3) is 4.31. The normalized spacial score (nSPS) is 15.4. The van der Waals surface area contributed by atoms with Gasteiger partial charge in [0.05, 0.1) is 15.8 Å². The summed E-state index contributed by atoms with van der Waals surface area (Å²) in [5, 5.41) is 7.26. The van der Waals surface area contributed by atoms with Crippen LogP contribution in [0.25, 0.3) is 21.5 Å². The van der Waals surface area contributed by atoms with E-state index in [1.807, 2.05) is 58.1 Å². The average Bonchev–Trinajstić information content (AvgIpc) is 3.54. The highest BCUT2D eigenvalue weighted by Crippen LogP contribution is 2.31. The van der Waals surface area contributed by atoms with Crippen molar-refractivity contribution < 1.29 is 9.32 Å². The van der Waals surface area contributed by atoms with Crippen molar-refractivity contribution in [3.63, 3.8) is 0 Å². The van der Waals surface area contributed by atoms with Crippen molar-refractivity contribution in [3.05, 3.63) is 64.3 Å². The van der Waals surface area contributed by atoms with Crippen LogP contribution in [0.5, 0.6) is 0 Å². The Morgan fingerprint density at radius 1 is 1.16 bits per heavy atom. The smallest absolute Gasteiger partial charge is 0.282 e. The van der Waals surface area contributed by atoms with Gasteiger partial charge in [-0.2, -0.15) is 0 Å². The Morgan fingerprint density at radius 2 is 1.97 bits per heavy atom. The van der Waals surface area contributed by atoms with Gasteiger partial charge in [0.1, 0.15) is 11.4 Å². The number of piperazine rings is 1. The zero-order chi connectivity index (χ0) is 22.1. The minimum atomic E-state index is -0.111. The number of likely N-dealkylation sites (N-methyl/N-ethyl adjacent to an activating group) is 1. The molecule has 1 amide bonds. The molecule has 0 spiro atoms. The summed E-state index contributed by atoms with van der Waals surface area (Å²) in [7, 11) is 0. The van der Waals surface area contributed by atoms with Gasteiger partial charge in [0, 0.05) is 43.1 Å². The van der Waals surface area contributed by atoms with Crippen LogP contribution in [0, 0.1) is 0 Å². The molecule has 1 aliphatic heterocycles. The fourth-order valence-corrected chi connectivity index (χ4v) is 5.05. The van der Waals surface area contributed by atoms with Gasteiger partial charge < -0.3 is 14.0 Å². The number of amides is 1. The number of benzene rings is 1. The lowest BCUT2D eigenvalue weighted by Crippen LogP contribution is -2.53. The molecule has 1 fully saturated rings. The highest BCUT2D eigenvalue weighted by molar-refractivity contribution is 7.19. The van der Waals surface area contributed by atoms with Crippen molar-refractivity contribution in [2.24, 2.45) is 0 Å². The Bertz CT molecular complexity index is 1240. The molecular weight excluding hydrogens is 446 g/mol. The van der Waals surface area contributed by atoms with Crippen molar-refractivity contribution in [1.29, 1.82) is 0 Å². The van der Waals surface area contributed by atoms with E-state index >= 15 is 0 Å². The molecule has 7 nitrogen and oxygen atoms in total. The number of fused-ring (bicyclic) bond motifs is 1. The molecule has 0 atom stereocenters. The summed E-state index contributed by atoms with van der Waals surface area (Å²) in [4.78, 5) is 16.5. The zero-order valence-electron chi connectivity index (χ0n) is 17.8. The van der Waals surface area contributed by atoms with Crippen LogP contribution < -0.4 is 5.43 Å². The van der Waals surface area contributed by atoms with Gasteiger partial charge in [-0.05, 0) is 30.8 Å². The van der Waals surface area contributed by atoms with Gasteiger partial charge in [-0.3, -0.25) is 10.2 Å². The predicted molar refractivity (Wildman–Crippen MR) is 127 cm³/mol. The number of rotatable bonds is 6. The van der Waals surface area contributed by atoms with Gasteiger partial charge in [0.2, 0.25) is 0 Å². The van der Waals surface area contributed by atoms with E-state index in [0.717, 1.165) is 54.2 Å². The van der Waals surface area contributed by atoms with Gasteiger partial charge >= 0.3 is 0 Å². The summed E-state index contributed by atoms with van der Waals surface area (Å²) in [6.45, 7) is 7.17. The van der Waals surface area contributed by atoms with Crippen LogP contribution in [0.2, 0.25) is 4.34 Å². The zero-order valence-corrected chi connectivity index (χ0v) is 19.3. The highest BCUT2D eigenvalue weighted by Gasteiger charge is 2.22. The number of nitrogens with one attached hydrogen (secondary N) is 1. The molecule has 0 unspecified atom stereocenters. The number of thiophene rings is 1. The van der Waals surface area contributed by atoms with E-state index in [1.165, 1.54) is 11.3 Å². The monoisotopic (exact) mass is 469 g/mol. The van der Waals surface area contributed by atoms with Crippen LogP contribution in [-0.2, 0) is 6.54 Å². The first-order valence-electron chi connectivity index (χ1n) is 10.7. The Balaban J connectivity index is 1.40. The molecule has 0 radical (unpaired) electrons. The topological polar surface area (TPSA) is 66.5 Å². The molecule has 0 bridgehead atoms. The number of aromatic nitrogens is 2. The molecule has 1 saturated heterocycles. The standard InChI is InChI=1S/C23H24ClN5O2S/c1-2-27-9-11-28(12-10-27)25-23(30)19-13-16-5-3-4-6-18(16)29(19)15-17-14-20(31-26-17)21-7-8-22(24)32-21/h3-8,13-14H,2,9-12,15H2,1H3,(H,25,30). The summed E-state index contributed by atoms with van der Waals surface area (Å²) >= 11 is 7.50. The fraction of sp³-hybridized carbons (Fsp3) is 0.304. The maximum Gasteiger partial charge on any atom is 0.282 e. The summed E-state index contributed by atoms with van der Waals surface area (Å²) in [5.74, 6) is 0.563. The highest BCUT2D eigenvalue weighted by atomic mass is 35.5. The van der Waals surface area contributed by atoms with Crippen molar-refractivity contribution >= 4 is 39.7 Å². The lowest BCUT2D eigenvalue weighted by atomic mass is 10.2. The molecule has 9 heteroatoms. The van der Waals surface area contributed by atoms with E-state index in [9.17, 15) is 4.79 Å². The van der Waals surface area contributed by atoms with E-state index < -0.39 is 0 Å². The third-order valence-electron chi connectivity index (χ3n) is 5.82. The summed E-state index contributed by atoms with van der Waals surface area (Å²) in [5.41, 5.74) is 5.43. The molecule has 0 saturated carbocycles. The molecule has 0 aliphatic carbocycles. The minimum Gasteiger partial charge on any atom is -0.355 e. The molecule has 5 rings (SSSR count). The van der Waals surface area contributed by atoms with E-state index in [2.05, 4.69) is 22.4 Å². The number of carbonyl (C=O) groups is 1.